The Kier molecular flexibility index (Phi) is 33.5. The average Bonchev–Trinajstić information content (AvgIpc) is 3.32. The minimum absolute atomic E-state index is 0.0731. The Bertz CT molecular complexity index is 1410. The monoisotopic (exact) mass is 887 g/mol. The van der Waals surface area contributed by atoms with E-state index in [2.05, 4.69) is 48.5 Å². The Morgan fingerprint density at radius 2 is 0.484 bits per heavy atom. The number of benzene rings is 3. The van der Waals surface area contributed by atoms with Crippen LogP contribution in [0, 0.1) is 0 Å². The zero-order valence-corrected chi connectivity index (χ0v) is 41.4. The first-order chi connectivity index (χ1) is 31.7. The summed E-state index contributed by atoms with van der Waals surface area (Å²) in [5, 5.41) is 4.64. The summed E-state index contributed by atoms with van der Waals surface area (Å²) in [5.74, 6) is 1.87. The highest BCUT2D eigenvalue weighted by atomic mass is 16.5. The minimum Gasteiger partial charge on any atom is -0.492 e. The van der Waals surface area contributed by atoms with Gasteiger partial charge in [0.15, 0.2) is 0 Å². The number of hydrogen-bond acceptors (Lipinski definition) is 6. The molecule has 0 unspecified atom stereocenters. The fourth-order valence-corrected chi connectivity index (χ4v) is 9.31. The van der Waals surface area contributed by atoms with Gasteiger partial charge in [-0.2, -0.15) is 0 Å². The number of ether oxygens (including phenoxy) is 4. The molecule has 0 bridgehead atoms. The molecule has 362 valence electrons. The summed E-state index contributed by atoms with van der Waals surface area (Å²) in [6, 6.07) is 17.3. The zero-order chi connectivity index (χ0) is 45.4. The molecule has 3 rings (SSSR count). The van der Waals surface area contributed by atoms with E-state index in [9.17, 15) is 9.59 Å². The first kappa shape index (κ1) is 55.1. The van der Waals surface area contributed by atoms with Crippen LogP contribution in [0.3, 0.4) is 0 Å². The van der Waals surface area contributed by atoms with Crippen molar-refractivity contribution >= 4 is 33.5 Å². The summed E-state index contributed by atoms with van der Waals surface area (Å²) < 4.78 is 22.6. The van der Waals surface area contributed by atoms with Gasteiger partial charge in [-0.15, -0.1) is 0 Å². The van der Waals surface area contributed by atoms with E-state index in [1.165, 1.54) is 207 Å². The SMILES string of the molecule is COC(=O)CCCCCCCCCCCCCCCCCCCCOc1c2ccccc2c(OCCCCCCCCCCCCCCCCCCCCC(=O)OC)c2ccccc12. The van der Waals surface area contributed by atoms with E-state index in [1.807, 2.05) is 0 Å². The second kappa shape index (κ2) is 38.9. The van der Waals surface area contributed by atoms with Gasteiger partial charge < -0.3 is 18.9 Å². The highest BCUT2D eigenvalue weighted by molar-refractivity contribution is 6.11. The van der Waals surface area contributed by atoms with E-state index in [0.29, 0.717) is 12.8 Å². The molecule has 3 aromatic carbocycles. The lowest BCUT2D eigenvalue weighted by Gasteiger charge is -2.18. The largest absolute Gasteiger partial charge is 0.492 e. The summed E-state index contributed by atoms with van der Waals surface area (Å²) in [7, 11) is 2.95. The lowest BCUT2D eigenvalue weighted by Crippen LogP contribution is -2.02. The summed E-state index contributed by atoms with van der Waals surface area (Å²) in [6.45, 7) is 1.52. The predicted octanol–water partition coefficient (Wildman–Crippen LogP) is 17.9. The van der Waals surface area contributed by atoms with Crippen LogP contribution in [-0.2, 0) is 19.1 Å². The third-order valence-electron chi connectivity index (χ3n) is 13.3. The van der Waals surface area contributed by atoms with Crippen molar-refractivity contribution in [3.63, 3.8) is 0 Å². The Morgan fingerprint density at radius 3 is 0.688 bits per heavy atom. The van der Waals surface area contributed by atoms with Gasteiger partial charge in [-0.05, 0) is 25.7 Å². The van der Waals surface area contributed by atoms with Crippen LogP contribution >= 0.6 is 0 Å². The Labute approximate surface area is 392 Å². The van der Waals surface area contributed by atoms with Crippen LogP contribution in [0.2, 0.25) is 0 Å². The van der Waals surface area contributed by atoms with Crippen molar-refractivity contribution in [1.29, 1.82) is 0 Å². The number of rotatable bonds is 44. The van der Waals surface area contributed by atoms with Crippen molar-refractivity contribution in [2.45, 2.75) is 244 Å². The second-order valence-corrected chi connectivity index (χ2v) is 18.8. The quantitative estimate of drug-likeness (QED) is 0.0320. The molecule has 6 heteroatoms. The topological polar surface area (TPSA) is 71.1 Å². The lowest BCUT2D eigenvalue weighted by molar-refractivity contribution is -0.141. The molecule has 0 atom stereocenters. The average molecular weight is 887 g/mol. The number of hydrogen-bond donors (Lipinski definition) is 0. The van der Waals surface area contributed by atoms with Gasteiger partial charge in [0.1, 0.15) is 11.5 Å². The number of carbonyl (C=O) groups excluding carboxylic acids is 2. The Hall–Kier alpha value is -3.28. The standard InChI is InChI=1S/C58H94O6/c1-61-55(59)47-35-31-27-23-19-15-11-7-3-5-9-13-17-21-25-29-33-41-49-63-57-51-43-37-39-45-53(51)58(54-46-40-38-44-52(54)57)64-50-42-34-30-26-22-18-14-10-6-4-8-12-16-20-24-28-32-36-48-56(60)62-2/h37-40,43-46H,3-36,41-42,47-50H2,1-2H3. The van der Waals surface area contributed by atoms with Gasteiger partial charge in [-0.1, -0.05) is 254 Å². The number of fused-ring (bicyclic) bond motifs is 2. The van der Waals surface area contributed by atoms with Crippen LogP contribution in [-0.4, -0.2) is 39.4 Å². The molecular weight excluding hydrogens is 793 g/mol. The molecule has 64 heavy (non-hydrogen) atoms. The molecule has 3 aromatic rings. The fourth-order valence-electron chi connectivity index (χ4n) is 9.31. The van der Waals surface area contributed by atoms with E-state index < -0.39 is 0 Å². The molecule has 0 spiro atoms. The first-order valence-electron chi connectivity index (χ1n) is 27.0. The van der Waals surface area contributed by atoms with E-state index in [-0.39, 0.29) is 11.9 Å². The van der Waals surface area contributed by atoms with Gasteiger partial charge >= 0.3 is 11.9 Å². The molecule has 6 nitrogen and oxygen atoms in total. The molecule has 0 aliphatic rings. The Balaban J connectivity index is 1.16. The predicted molar refractivity (Wildman–Crippen MR) is 272 cm³/mol. The molecule has 0 amide bonds. The summed E-state index contributed by atoms with van der Waals surface area (Å²) in [6.07, 6.45) is 48.1. The minimum atomic E-state index is -0.0731. The van der Waals surface area contributed by atoms with Crippen molar-refractivity contribution in [2.24, 2.45) is 0 Å². The number of esters is 2. The molecule has 0 radical (unpaired) electrons. The highest BCUT2D eigenvalue weighted by Crippen LogP contribution is 2.43. The molecule has 0 aliphatic heterocycles. The maximum Gasteiger partial charge on any atom is 0.305 e. The number of carbonyl (C=O) groups is 2. The maximum atomic E-state index is 11.2. The van der Waals surface area contributed by atoms with Crippen LogP contribution < -0.4 is 9.47 Å². The van der Waals surface area contributed by atoms with Gasteiger partial charge in [-0.25, -0.2) is 0 Å². The molecule has 0 saturated heterocycles. The summed E-state index contributed by atoms with van der Waals surface area (Å²) in [5.41, 5.74) is 0. The van der Waals surface area contributed by atoms with Gasteiger partial charge in [0, 0.05) is 34.4 Å². The molecule has 0 fully saturated rings. The van der Waals surface area contributed by atoms with Crippen molar-refractivity contribution in [3.8, 4) is 11.5 Å². The summed E-state index contributed by atoms with van der Waals surface area (Å²) >= 11 is 0. The van der Waals surface area contributed by atoms with E-state index >= 15 is 0 Å². The van der Waals surface area contributed by atoms with E-state index in [4.69, 9.17) is 18.9 Å². The van der Waals surface area contributed by atoms with Crippen LogP contribution in [0.1, 0.15) is 244 Å². The Morgan fingerprint density at radius 1 is 0.297 bits per heavy atom. The smallest absolute Gasteiger partial charge is 0.305 e. The van der Waals surface area contributed by atoms with Crippen molar-refractivity contribution in [3.05, 3.63) is 48.5 Å². The van der Waals surface area contributed by atoms with Crippen molar-refractivity contribution in [1.82, 2.24) is 0 Å². The number of methoxy groups -OCH3 is 2. The van der Waals surface area contributed by atoms with Gasteiger partial charge in [0.25, 0.3) is 0 Å². The van der Waals surface area contributed by atoms with Crippen LogP contribution in [0.5, 0.6) is 11.5 Å². The van der Waals surface area contributed by atoms with Crippen molar-refractivity contribution in [2.75, 3.05) is 27.4 Å². The fraction of sp³-hybridized carbons (Fsp3) is 0.724. The molecule has 0 saturated carbocycles. The molecular formula is C58H94O6. The van der Waals surface area contributed by atoms with Crippen LogP contribution in [0.25, 0.3) is 21.5 Å². The van der Waals surface area contributed by atoms with E-state index in [0.717, 1.165) is 84.8 Å². The zero-order valence-electron chi connectivity index (χ0n) is 41.4. The molecule has 0 N–H and O–H groups in total. The highest BCUT2D eigenvalue weighted by Gasteiger charge is 2.16. The molecule has 0 aliphatic carbocycles. The maximum absolute atomic E-state index is 11.2. The van der Waals surface area contributed by atoms with Crippen molar-refractivity contribution < 1.29 is 28.5 Å². The molecule has 0 aromatic heterocycles. The third kappa shape index (κ3) is 26.0. The third-order valence-corrected chi connectivity index (χ3v) is 13.3. The molecule has 0 heterocycles. The van der Waals surface area contributed by atoms with E-state index in [1.54, 1.807) is 0 Å². The van der Waals surface area contributed by atoms with Gasteiger partial charge in [0.2, 0.25) is 0 Å². The van der Waals surface area contributed by atoms with Crippen LogP contribution in [0.15, 0.2) is 48.5 Å². The van der Waals surface area contributed by atoms with Crippen LogP contribution in [0.4, 0.5) is 0 Å². The van der Waals surface area contributed by atoms with Gasteiger partial charge in [-0.3, -0.25) is 9.59 Å². The number of unbranched alkanes of at least 4 members (excludes halogenated alkanes) is 34. The lowest BCUT2D eigenvalue weighted by atomic mass is 10.0. The normalized spacial score (nSPS) is 11.4. The summed E-state index contributed by atoms with van der Waals surface area (Å²) in [4.78, 5) is 22.3. The van der Waals surface area contributed by atoms with Gasteiger partial charge in [0.05, 0.1) is 27.4 Å². The second-order valence-electron chi connectivity index (χ2n) is 18.8. The first-order valence-corrected chi connectivity index (χ1v) is 27.0.